The van der Waals surface area contributed by atoms with E-state index in [1.807, 2.05) is 18.5 Å². The predicted molar refractivity (Wildman–Crippen MR) is 62.6 cm³/mol. The van der Waals surface area contributed by atoms with Gasteiger partial charge in [-0.15, -0.1) is 11.3 Å². The lowest BCUT2D eigenvalue weighted by Crippen LogP contribution is -2.18. The van der Waals surface area contributed by atoms with Crippen LogP contribution in [-0.2, 0) is 4.74 Å². The van der Waals surface area contributed by atoms with Gasteiger partial charge < -0.3 is 10.1 Å². The van der Waals surface area contributed by atoms with Crippen LogP contribution < -0.4 is 5.32 Å². The van der Waals surface area contributed by atoms with E-state index in [4.69, 9.17) is 16.3 Å². The molecule has 1 rings (SSSR count). The number of hydrogen-bond acceptors (Lipinski definition) is 3. The van der Waals surface area contributed by atoms with Crippen molar-refractivity contribution in [2.45, 2.75) is 18.9 Å². The quantitative estimate of drug-likeness (QED) is 0.767. The van der Waals surface area contributed by atoms with Crippen molar-refractivity contribution in [1.29, 1.82) is 0 Å². The van der Waals surface area contributed by atoms with Crippen LogP contribution in [0.3, 0.4) is 0 Å². The van der Waals surface area contributed by atoms with Crippen LogP contribution in [0.1, 0.15) is 17.3 Å². The molecule has 0 aliphatic heterocycles. The van der Waals surface area contributed by atoms with Gasteiger partial charge >= 0.3 is 0 Å². The Morgan fingerprint density at radius 3 is 2.81 bits per heavy atom. The molecule has 0 bridgehead atoms. The summed E-state index contributed by atoms with van der Waals surface area (Å²) in [7, 11) is 1.81. The number of nitrogens with one attached hydrogen (secondary N) is 1. The molecule has 92 valence electrons. The maximum absolute atomic E-state index is 11.8. The van der Waals surface area contributed by atoms with E-state index in [9.17, 15) is 8.78 Å². The van der Waals surface area contributed by atoms with Crippen molar-refractivity contribution in [1.82, 2.24) is 5.32 Å². The highest BCUT2D eigenvalue weighted by Crippen LogP contribution is 2.30. The van der Waals surface area contributed by atoms with E-state index in [2.05, 4.69) is 5.32 Å². The third-order valence-corrected chi connectivity index (χ3v) is 3.58. The molecule has 0 aliphatic rings. The summed E-state index contributed by atoms with van der Waals surface area (Å²) < 4.78 is 28.5. The van der Waals surface area contributed by atoms with Crippen LogP contribution in [0.15, 0.2) is 11.4 Å². The summed E-state index contributed by atoms with van der Waals surface area (Å²) in [6.07, 6.45) is -1.78. The molecule has 0 aromatic carbocycles. The Morgan fingerprint density at radius 2 is 2.31 bits per heavy atom. The zero-order valence-electron chi connectivity index (χ0n) is 8.88. The summed E-state index contributed by atoms with van der Waals surface area (Å²) in [5, 5.41) is 5.70. The standard InChI is InChI=1S/C10H14ClF2NOS/c1-14-8(2-4-15-6-9(12)13)10-7(11)3-5-16-10/h3,5,8-9,14H,2,4,6H2,1H3. The molecule has 0 saturated carbocycles. The van der Waals surface area contributed by atoms with E-state index < -0.39 is 13.0 Å². The van der Waals surface area contributed by atoms with Crippen molar-refractivity contribution < 1.29 is 13.5 Å². The molecule has 1 atom stereocenters. The fourth-order valence-electron chi connectivity index (χ4n) is 1.33. The number of rotatable bonds is 7. The smallest absolute Gasteiger partial charge is 0.261 e. The predicted octanol–water partition coefficient (Wildman–Crippen LogP) is 3.33. The highest BCUT2D eigenvalue weighted by atomic mass is 35.5. The molecule has 1 aromatic rings. The summed E-state index contributed by atoms with van der Waals surface area (Å²) >= 11 is 7.53. The number of hydrogen-bond donors (Lipinski definition) is 1. The van der Waals surface area contributed by atoms with Crippen molar-refractivity contribution in [2.24, 2.45) is 0 Å². The molecular formula is C10H14ClF2NOS. The second kappa shape index (κ2) is 7.17. The van der Waals surface area contributed by atoms with Gasteiger partial charge in [0.15, 0.2) is 0 Å². The summed E-state index contributed by atoms with van der Waals surface area (Å²) in [6, 6.07) is 1.89. The Balaban J connectivity index is 2.36. The molecule has 0 saturated heterocycles. The Hall–Kier alpha value is -0.230. The molecule has 0 radical (unpaired) electrons. The molecular weight excluding hydrogens is 256 g/mol. The number of ether oxygens (including phenoxy) is 1. The second-order valence-corrected chi connectivity index (χ2v) is 4.58. The zero-order valence-corrected chi connectivity index (χ0v) is 10.5. The van der Waals surface area contributed by atoms with Gasteiger partial charge in [-0.3, -0.25) is 0 Å². The SMILES string of the molecule is CNC(CCOCC(F)F)c1sccc1Cl. The van der Waals surface area contributed by atoms with Crippen LogP contribution in [0, 0.1) is 0 Å². The maximum Gasteiger partial charge on any atom is 0.261 e. The number of thiophene rings is 1. The van der Waals surface area contributed by atoms with Gasteiger partial charge in [-0.05, 0) is 24.9 Å². The largest absolute Gasteiger partial charge is 0.375 e. The Bertz CT molecular complexity index is 309. The first kappa shape index (κ1) is 13.8. The average molecular weight is 270 g/mol. The minimum atomic E-state index is -2.40. The van der Waals surface area contributed by atoms with E-state index in [0.29, 0.717) is 18.1 Å². The van der Waals surface area contributed by atoms with Crippen molar-refractivity contribution in [3.05, 3.63) is 21.3 Å². The van der Waals surface area contributed by atoms with Gasteiger partial charge in [0.05, 0.1) is 5.02 Å². The molecule has 6 heteroatoms. The zero-order chi connectivity index (χ0) is 12.0. The van der Waals surface area contributed by atoms with E-state index >= 15 is 0 Å². The Labute approximate surface area is 103 Å². The van der Waals surface area contributed by atoms with Crippen molar-refractivity contribution >= 4 is 22.9 Å². The van der Waals surface area contributed by atoms with Gasteiger partial charge in [-0.2, -0.15) is 0 Å². The van der Waals surface area contributed by atoms with Crippen molar-refractivity contribution in [3.8, 4) is 0 Å². The molecule has 0 spiro atoms. The third kappa shape index (κ3) is 4.33. The first-order valence-corrected chi connectivity index (χ1v) is 6.17. The normalized spacial score (nSPS) is 13.3. The van der Waals surface area contributed by atoms with Gasteiger partial charge in [-0.25, -0.2) is 8.78 Å². The van der Waals surface area contributed by atoms with Crippen LogP contribution >= 0.6 is 22.9 Å². The van der Waals surface area contributed by atoms with Crippen LogP contribution in [0.5, 0.6) is 0 Å². The fourth-order valence-corrected chi connectivity index (χ4v) is 2.67. The van der Waals surface area contributed by atoms with E-state index in [1.165, 1.54) is 0 Å². The maximum atomic E-state index is 11.8. The summed E-state index contributed by atoms with van der Waals surface area (Å²) in [4.78, 5) is 1.02. The van der Waals surface area contributed by atoms with Gasteiger partial charge in [-0.1, -0.05) is 11.6 Å². The van der Waals surface area contributed by atoms with Gasteiger partial charge in [0.2, 0.25) is 0 Å². The number of alkyl halides is 2. The van der Waals surface area contributed by atoms with Gasteiger partial charge in [0.1, 0.15) is 6.61 Å². The molecule has 1 N–H and O–H groups in total. The minimum absolute atomic E-state index is 0.0603. The molecule has 0 fully saturated rings. The van der Waals surface area contributed by atoms with E-state index in [1.54, 1.807) is 11.3 Å². The first-order chi connectivity index (χ1) is 7.65. The van der Waals surface area contributed by atoms with Crippen LogP contribution in [0.4, 0.5) is 8.78 Å². The fraction of sp³-hybridized carbons (Fsp3) is 0.600. The Morgan fingerprint density at radius 1 is 1.56 bits per heavy atom. The lowest BCUT2D eigenvalue weighted by atomic mass is 10.2. The molecule has 1 aromatic heterocycles. The average Bonchev–Trinajstić information content (AvgIpc) is 2.65. The van der Waals surface area contributed by atoms with Crippen molar-refractivity contribution in [2.75, 3.05) is 20.3 Å². The van der Waals surface area contributed by atoms with Crippen LogP contribution in [0.2, 0.25) is 5.02 Å². The highest BCUT2D eigenvalue weighted by molar-refractivity contribution is 7.10. The summed E-state index contributed by atoms with van der Waals surface area (Å²) in [6.45, 7) is -0.210. The van der Waals surface area contributed by atoms with Crippen LogP contribution in [-0.4, -0.2) is 26.7 Å². The van der Waals surface area contributed by atoms with Gasteiger partial charge in [0, 0.05) is 17.5 Å². The highest BCUT2D eigenvalue weighted by Gasteiger charge is 2.14. The summed E-state index contributed by atoms with van der Waals surface area (Å²) in [5.41, 5.74) is 0. The molecule has 0 amide bonds. The monoisotopic (exact) mass is 269 g/mol. The second-order valence-electron chi connectivity index (χ2n) is 3.23. The molecule has 1 heterocycles. The van der Waals surface area contributed by atoms with Crippen LogP contribution in [0.25, 0.3) is 0 Å². The summed E-state index contributed by atoms with van der Waals surface area (Å²) in [5.74, 6) is 0. The lowest BCUT2D eigenvalue weighted by molar-refractivity contribution is 0.0146. The van der Waals surface area contributed by atoms with Crippen molar-refractivity contribution in [3.63, 3.8) is 0 Å². The van der Waals surface area contributed by atoms with E-state index in [0.717, 1.165) is 4.88 Å². The topological polar surface area (TPSA) is 21.3 Å². The lowest BCUT2D eigenvalue weighted by Gasteiger charge is -2.15. The van der Waals surface area contributed by atoms with E-state index in [-0.39, 0.29) is 6.04 Å². The molecule has 16 heavy (non-hydrogen) atoms. The first-order valence-electron chi connectivity index (χ1n) is 4.91. The molecule has 1 unspecified atom stereocenters. The molecule has 0 aliphatic carbocycles. The molecule has 2 nitrogen and oxygen atoms in total. The minimum Gasteiger partial charge on any atom is -0.375 e. The third-order valence-electron chi connectivity index (χ3n) is 2.10. The Kier molecular flexibility index (Phi) is 6.20. The number of halogens is 3. The van der Waals surface area contributed by atoms with Gasteiger partial charge in [0.25, 0.3) is 6.43 Å².